The zero-order valence-corrected chi connectivity index (χ0v) is 9.51. The van der Waals surface area contributed by atoms with Crippen molar-refractivity contribution < 1.29 is 4.74 Å². The van der Waals surface area contributed by atoms with E-state index >= 15 is 0 Å². The van der Waals surface area contributed by atoms with E-state index in [9.17, 15) is 0 Å². The summed E-state index contributed by atoms with van der Waals surface area (Å²) in [6, 6.07) is 0. The molecule has 2 heteroatoms. The van der Waals surface area contributed by atoms with Crippen LogP contribution in [-0.2, 0) is 4.74 Å². The molecule has 14 heavy (non-hydrogen) atoms. The fourth-order valence-electron chi connectivity index (χ4n) is 3.52. The van der Waals surface area contributed by atoms with Gasteiger partial charge in [0.15, 0.2) is 0 Å². The zero-order valence-electron chi connectivity index (χ0n) is 9.51. The molecular weight excluding hydrogens is 174 g/mol. The van der Waals surface area contributed by atoms with Gasteiger partial charge in [-0.1, -0.05) is 19.8 Å². The van der Waals surface area contributed by atoms with E-state index in [1.165, 1.54) is 45.2 Å². The Morgan fingerprint density at radius 3 is 2.86 bits per heavy atom. The molecular formula is C12H23NO. The Balaban J connectivity index is 2.15. The Hall–Kier alpha value is -0.0800. The highest BCUT2D eigenvalue weighted by Crippen LogP contribution is 2.47. The van der Waals surface area contributed by atoms with Crippen molar-refractivity contribution in [3.05, 3.63) is 0 Å². The minimum Gasteiger partial charge on any atom is -0.381 e. The summed E-state index contributed by atoms with van der Waals surface area (Å²) in [6.07, 6.45) is 7.26. The molecule has 1 saturated heterocycles. The van der Waals surface area contributed by atoms with Gasteiger partial charge in [0.25, 0.3) is 0 Å². The van der Waals surface area contributed by atoms with Gasteiger partial charge in [-0.2, -0.15) is 0 Å². The van der Waals surface area contributed by atoms with Gasteiger partial charge in [0, 0.05) is 12.5 Å². The summed E-state index contributed by atoms with van der Waals surface area (Å²) in [5.41, 5.74) is 0.498. The lowest BCUT2D eigenvalue weighted by molar-refractivity contribution is -0.0867. The third-order valence-corrected chi connectivity index (χ3v) is 4.48. The van der Waals surface area contributed by atoms with Crippen LogP contribution in [0.25, 0.3) is 0 Å². The quantitative estimate of drug-likeness (QED) is 0.696. The second-order valence-corrected chi connectivity index (χ2v) is 5.06. The first kappa shape index (κ1) is 10.4. The third-order valence-electron chi connectivity index (χ3n) is 4.48. The van der Waals surface area contributed by atoms with E-state index in [4.69, 9.17) is 4.74 Å². The van der Waals surface area contributed by atoms with E-state index in [0.29, 0.717) is 11.5 Å². The number of ether oxygens (including phenoxy) is 1. The summed E-state index contributed by atoms with van der Waals surface area (Å²) in [7, 11) is 1.90. The predicted molar refractivity (Wildman–Crippen MR) is 58.3 cm³/mol. The van der Waals surface area contributed by atoms with E-state index in [2.05, 4.69) is 12.2 Å². The van der Waals surface area contributed by atoms with Gasteiger partial charge in [0.2, 0.25) is 0 Å². The zero-order chi connectivity index (χ0) is 10.0. The molecule has 1 spiro atoms. The molecule has 0 amide bonds. The summed E-state index contributed by atoms with van der Waals surface area (Å²) < 4.78 is 5.73. The van der Waals surface area contributed by atoms with Crippen molar-refractivity contribution in [1.82, 2.24) is 5.32 Å². The van der Waals surface area contributed by atoms with Crippen molar-refractivity contribution in [1.29, 1.82) is 0 Å². The molecule has 3 unspecified atom stereocenters. The van der Waals surface area contributed by atoms with Crippen molar-refractivity contribution in [3.63, 3.8) is 0 Å². The summed E-state index contributed by atoms with van der Waals surface area (Å²) in [6.45, 7) is 4.76. The van der Waals surface area contributed by atoms with Crippen LogP contribution in [0.2, 0.25) is 0 Å². The van der Waals surface area contributed by atoms with Gasteiger partial charge < -0.3 is 10.1 Å². The number of hydrogen-bond donors (Lipinski definition) is 1. The Morgan fingerprint density at radius 2 is 2.14 bits per heavy atom. The molecule has 0 aromatic carbocycles. The van der Waals surface area contributed by atoms with E-state index in [1.807, 2.05) is 7.11 Å². The number of piperidine rings is 1. The lowest BCUT2D eigenvalue weighted by Gasteiger charge is -2.50. The average molecular weight is 197 g/mol. The van der Waals surface area contributed by atoms with E-state index in [-0.39, 0.29) is 0 Å². The second-order valence-electron chi connectivity index (χ2n) is 5.06. The van der Waals surface area contributed by atoms with Crippen molar-refractivity contribution in [2.24, 2.45) is 11.3 Å². The molecule has 0 aromatic heterocycles. The molecule has 2 aliphatic rings. The topological polar surface area (TPSA) is 21.3 Å². The molecule has 0 bridgehead atoms. The van der Waals surface area contributed by atoms with Crippen molar-refractivity contribution >= 4 is 0 Å². The van der Waals surface area contributed by atoms with E-state index < -0.39 is 0 Å². The number of rotatable bonds is 1. The molecule has 1 aliphatic heterocycles. The predicted octanol–water partition coefficient (Wildman–Crippen LogP) is 2.19. The Morgan fingerprint density at radius 1 is 1.29 bits per heavy atom. The molecule has 2 fully saturated rings. The lowest BCUT2D eigenvalue weighted by Crippen LogP contribution is -2.52. The standard InChI is InChI=1S/C12H23NO/c1-10-9-13-8-7-12(10)6-4-3-5-11(12)14-2/h10-11,13H,3-9H2,1-2H3. The van der Waals surface area contributed by atoms with Gasteiger partial charge in [-0.25, -0.2) is 0 Å². The highest BCUT2D eigenvalue weighted by atomic mass is 16.5. The number of nitrogens with one attached hydrogen (secondary N) is 1. The SMILES string of the molecule is COC1CCCCC12CCNCC2C. The van der Waals surface area contributed by atoms with Gasteiger partial charge in [-0.15, -0.1) is 0 Å². The lowest BCUT2D eigenvalue weighted by atomic mass is 9.61. The van der Waals surface area contributed by atoms with Crippen LogP contribution < -0.4 is 5.32 Å². The van der Waals surface area contributed by atoms with Crippen molar-refractivity contribution in [2.75, 3.05) is 20.2 Å². The Labute approximate surface area is 87.4 Å². The largest absolute Gasteiger partial charge is 0.381 e. The number of hydrogen-bond acceptors (Lipinski definition) is 2. The first-order chi connectivity index (χ1) is 6.79. The fraction of sp³-hybridized carbons (Fsp3) is 1.00. The highest BCUT2D eigenvalue weighted by Gasteiger charge is 2.45. The van der Waals surface area contributed by atoms with Crippen molar-refractivity contribution in [2.45, 2.75) is 45.1 Å². The molecule has 82 valence electrons. The molecule has 1 N–H and O–H groups in total. The van der Waals surface area contributed by atoms with Crippen LogP contribution in [0.5, 0.6) is 0 Å². The highest BCUT2D eigenvalue weighted by molar-refractivity contribution is 4.97. The summed E-state index contributed by atoms with van der Waals surface area (Å²) in [5.74, 6) is 0.779. The second kappa shape index (κ2) is 4.19. The van der Waals surface area contributed by atoms with Crippen LogP contribution in [0.4, 0.5) is 0 Å². The first-order valence-corrected chi connectivity index (χ1v) is 6.03. The molecule has 2 rings (SSSR count). The molecule has 0 aromatic rings. The molecule has 1 heterocycles. The fourth-order valence-corrected chi connectivity index (χ4v) is 3.52. The minimum absolute atomic E-state index is 0.498. The van der Waals surface area contributed by atoms with Crippen LogP contribution in [-0.4, -0.2) is 26.3 Å². The van der Waals surface area contributed by atoms with Crippen LogP contribution in [0, 0.1) is 11.3 Å². The van der Waals surface area contributed by atoms with Gasteiger partial charge >= 0.3 is 0 Å². The van der Waals surface area contributed by atoms with Gasteiger partial charge in [-0.05, 0) is 38.3 Å². The van der Waals surface area contributed by atoms with Crippen LogP contribution >= 0.6 is 0 Å². The van der Waals surface area contributed by atoms with Crippen LogP contribution in [0.1, 0.15) is 39.0 Å². The van der Waals surface area contributed by atoms with E-state index in [1.54, 1.807) is 0 Å². The molecule has 1 aliphatic carbocycles. The Bertz CT molecular complexity index is 189. The molecule has 0 radical (unpaired) electrons. The molecule has 1 saturated carbocycles. The molecule has 2 nitrogen and oxygen atoms in total. The maximum absolute atomic E-state index is 5.73. The van der Waals surface area contributed by atoms with Crippen LogP contribution in [0.3, 0.4) is 0 Å². The van der Waals surface area contributed by atoms with Gasteiger partial charge in [0.05, 0.1) is 6.10 Å². The summed E-state index contributed by atoms with van der Waals surface area (Å²) >= 11 is 0. The third kappa shape index (κ3) is 1.59. The average Bonchev–Trinajstić information content (AvgIpc) is 2.23. The van der Waals surface area contributed by atoms with E-state index in [0.717, 1.165) is 5.92 Å². The normalized spacial score (nSPS) is 44.1. The maximum atomic E-state index is 5.73. The monoisotopic (exact) mass is 197 g/mol. The minimum atomic E-state index is 0.498. The van der Waals surface area contributed by atoms with Crippen LogP contribution in [0.15, 0.2) is 0 Å². The summed E-state index contributed by atoms with van der Waals surface area (Å²) in [4.78, 5) is 0. The van der Waals surface area contributed by atoms with Gasteiger partial charge in [0.1, 0.15) is 0 Å². The number of methoxy groups -OCH3 is 1. The first-order valence-electron chi connectivity index (χ1n) is 6.03. The smallest absolute Gasteiger partial charge is 0.0631 e. The summed E-state index contributed by atoms with van der Waals surface area (Å²) in [5, 5.41) is 3.50. The Kier molecular flexibility index (Phi) is 3.13. The van der Waals surface area contributed by atoms with Gasteiger partial charge in [-0.3, -0.25) is 0 Å². The maximum Gasteiger partial charge on any atom is 0.0631 e. The van der Waals surface area contributed by atoms with Crippen molar-refractivity contribution in [3.8, 4) is 0 Å². The molecule has 3 atom stereocenters.